The monoisotopic (exact) mass is 992 g/mol. The second kappa shape index (κ2) is 20.4. The lowest BCUT2D eigenvalue weighted by molar-refractivity contribution is 0.591. The third kappa shape index (κ3) is 10.8. The molecule has 0 bridgehead atoms. The van der Waals surface area contributed by atoms with Crippen LogP contribution >= 0.6 is 45.3 Å². The largest absolute Gasteiger partial charge is 0.135 e. The van der Waals surface area contributed by atoms with Gasteiger partial charge >= 0.3 is 0 Å². The Bertz CT molecular complexity index is 3700. The van der Waals surface area contributed by atoms with E-state index in [1.807, 2.05) is 45.3 Å². The molecule has 0 spiro atoms. The van der Waals surface area contributed by atoms with Gasteiger partial charge in [0, 0.05) is 80.7 Å². The Morgan fingerprint density at radius 1 is 0.257 bits per heavy atom. The van der Waals surface area contributed by atoms with Gasteiger partial charge in [-0.15, -0.1) is 45.3 Å². The van der Waals surface area contributed by atoms with Crippen LogP contribution in [0.25, 0.3) is 80.7 Å². The zero-order valence-corrected chi connectivity index (χ0v) is 45.1. The summed E-state index contributed by atoms with van der Waals surface area (Å²) in [5, 5.41) is 11.2. The van der Waals surface area contributed by atoms with Gasteiger partial charge in [-0.25, -0.2) is 0 Å². The normalized spacial score (nSPS) is 12.1. The van der Waals surface area contributed by atoms with E-state index in [0.717, 1.165) is 0 Å². The molecule has 0 radical (unpaired) electrons. The highest BCUT2D eigenvalue weighted by molar-refractivity contribution is 7.27. The second-order valence-electron chi connectivity index (χ2n) is 22.2. The fraction of sp³-hybridized carbons (Fsp3) is 0.273. The molecule has 4 heteroatoms. The topological polar surface area (TPSA) is 0 Å². The molecule has 0 amide bonds. The Morgan fingerprint density at radius 3 is 1.20 bits per heavy atom. The molecule has 0 fully saturated rings. The predicted octanol–water partition coefficient (Wildman–Crippen LogP) is 22.7. The summed E-state index contributed by atoms with van der Waals surface area (Å²) in [6.07, 6.45) is 0. The van der Waals surface area contributed by atoms with Crippen molar-refractivity contribution in [3.63, 3.8) is 0 Å². The van der Waals surface area contributed by atoms with Crippen molar-refractivity contribution < 1.29 is 0 Å². The lowest BCUT2D eigenvalue weighted by Gasteiger charge is -2.20. The Morgan fingerprint density at radius 2 is 0.629 bits per heavy atom. The van der Waals surface area contributed by atoms with Gasteiger partial charge in [0.15, 0.2) is 0 Å². The van der Waals surface area contributed by atoms with Crippen LogP contribution in [-0.2, 0) is 21.7 Å². The highest BCUT2D eigenvalue weighted by atomic mass is 32.1. The number of hydrogen-bond donors (Lipinski definition) is 0. The maximum Gasteiger partial charge on any atom is 0.0392 e. The van der Waals surface area contributed by atoms with Gasteiger partial charge in [0.05, 0.1) is 0 Å². The fourth-order valence-corrected chi connectivity index (χ4v) is 13.9. The van der Waals surface area contributed by atoms with E-state index >= 15 is 0 Å². The summed E-state index contributed by atoms with van der Waals surface area (Å²) in [6, 6.07) is 61.8. The molecule has 0 N–H and O–H groups in total. The van der Waals surface area contributed by atoms with Crippen LogP contribution in [0.15, 0.2) is 170 Å². The minimum absolute atomic E-state index is 0. The second-order valence-corrected chi connectivity index (χ2v) is 26.5. The molecule has 0 atom stereocenters. The van der Waals surface area contributed by atoms with Crippen LogP contribution < -0.4 is 0 Å². The van der Waals surface area contributed by atoms with Crippen molar-refractivity contribution in [1.29, 1.82) is 0 Å². The van der Waals surface area contributed by atoms with Crippen molar-refractivity contribution in [1.82, 2.24) is 0 Å². The number of benzene rings is 8. The maximum absolute atomic E-state index is 2.36. The molecule has 0 nitrogen and oxygen atoms in total. The molecule has 0 unspecified atom stereocenters. The number of rotatable bonds is 0. The van der Waals surface area contributed by atoms with Crippen molar-refractivity contribution in [2.75, 3.05) is 0 Å². The van der Waals surface area contributed by atoms with Gasteiger partial charge in [-0.1, -0.05) is 219 Å². The lowest BCUT2D eigenvalue weighted by atomic mass is 9.84. The van der Waals surface area contributed by atoms with Gasteiger partial charge in [-0.3, -0.25) is 0 Å². The Hall–Kier alpha value is -5.36. The molecule has 0 saturated heterocycles. The smallest absolute Gasteiger partial charge is 0.0392 e. The van der Waals surface area contributed by atoms with Crippen molar-refractivity contribution >= 4 is 126 Å². The summed E-state index contributed by atoms with van der Waals surface area (Å²) in [7, 11) is 0. The first kappa shape index (κ1) is 52.5. The quantitative estimate of drug-likeness (QED) is 0.142. The lowest BCUT2D eigenvalue weighted by Crippen LogP contribution is -2.11. The first-order valence-corrected chi connectivity index (χ1v) is 27.2. The highest BCUT2D eigenvalue weighted by Crippen LogP contribution is 2.42. The van der Waals surface area contributed by atoms with Gasteiger partial charge in [0.2, 0.25) is 0 Å². The van der Waals surface area contributed by atoms with E-state index in [4.69, 9.17) is 0 Å². The molecule has 0 aliphatic carbocycles. The Labute approximate surface area is 434 Å². The van der Waals surface area contributed by atoms with Crippen molar-refractivity contribution in [3.8, 4) is 0 Å². The predicted molar refractivity (Wildman–Crippen MR) is 326 cm³/mol. The molecular formula is C66H72S4. The third-order valence-corrected chi connectivity index (χ3v) is 17.6. The molecule has 0 aliphatic heterocycles. The summed E-state index contributed by atoms with van der Waals surface area (Å²) < 4.78 is 11.2. The summed E-state index contributed by atoms with van der Waals surface area (Å²) >= 11 is 7.58. The number of fused-ring (bicyclic) bond motifs is 12. The van der Waals surface area contributed by atoms with Gasteiger partial charge < -0.3 is 0 Å². The molecule has 0 saturated carbocycles. The summed E-state index contributed by atoms with van der Waals surface area (Å²) in [4.78, 5) is 0. The molecule has 12 aromatic rings. The molecule has 12 rings (SSSR count). The molecule has 70 heavy (non-hydrogen) atoms. The van der Waals surface area contributed by atoms with E-state index in [2.05, 4.69) is 253 Å². The van der Waals surface area contributed by atoms with Crippen molar-refractivity contribution in [3.05, 3.63) is 192 Å². The van der Waals surface area contributed by atoms with E-state index in [1.54, 1.807) is 0 Å². The van der Waals surface area contributed by atoms with E-state index < -0.39 is 0 Å². The van der Waals surface area contributed by atoms with Crippen molar-refractivity contribution in [2.45, 2.75) is 120 Å². The van der Waals surface area contributed by atoms with Crippen LogP contribution in [0.5, 0.6) is 0 Å². The SMILES string of the molecule is C.C.CC(C)(C)c1ccc2c(c1)sc1ccccc12.CC(C)(C)c1ccc2sc3ccccc3c2c1.CC(C)(C)c1cccc2c1sc1ccccc12.CC(C)(C)c1cccc2sc3ccccc3c12. The standard InChI is InChI=1S/4C16H16S.2CH4/c1-16(2,3)13-9-6-8-12-11-7-4-5-10-14(11)17-15(12)13;1-16(2,3)12-8-6-10-14-15(12)11-7-4-5-9-13(11)17-14;1-16(2,3)11-8-9-15-13(10-11)12-6-4-5-7-14(12)17-15;1-16(2,3)11-8-9-13-12-6-4-5-7-14(12)17-15(13)10-11;;/h4*4-10H,1-3H3;2*1H4. The zero-order valence-electron chi connectivity index (χ0n) is 41.8. The minimum atomic E-state index is 0. The van der Waals surface area contributed by atoms with Crippen LogP contribution in [0, 0.1) is 0 Å². The third-order valence-electron chi connectivity index (χ3n) is 12.9. The summed E-state index contributed by atoms with van der Waals surface area (Å²) in [5.74, 6) is 0. The molecule has 4 heterocycles. The first-order chi connectivity index (χ1) is 32.3. The van der Waals surface area contributed by atoms with E-state index in [9.17, 15) is 0 Å². The average molecular weight is 994 g/mol. The zero-order chi connectivity index (χ0) is 48.2. The highest BCUT2D eigenvalue weighted by Gasteiger charge is 2.21. The maximum atomic E-state index is 2.36. The molecular weight excluding hydrogens is 921 g/mol. The van der Waals surface area contributed by atoms with Crippen LogP contribution in [0.4, 0.5) is 0 Å². The van der Waals surface area contributed by atoms with Crippen LogP contribution in [0.1, 0.15) is 120 Å². The first-order valence-electron chi connectivity index (χ1n) is 23.9. The number of hydrogen-bond acceptors (Lipinski definition) is 4. The average Bonchev–Trinajstić information content (AvgIpc) is 4.08. The minimum Gasteiger partial charge on any atom is -0.135 e. The van der Waals surface area contributed by atoms with Gasteiger partial charge in [0.25, 0.3) is 0 Å². The number of thiophene rings is 4. The van der Waals surface area contributed by atoms with Crippen molar-refractivity contribution in [2.24, 2.45) is 0 Å². The van der Waals surface area contributed by atoms with E-state index in [0.29, 0.717) is 0 Å². The van der Waals surface area contributed by atoms with Gasteiger partial charge in [-0.2, -0.15) is 0 Å². The molecule has 360 valence electrons. The fourth-order valence-electron chi connectivity index (χ4n) is 9.12. The van der Waals surface area contributed by atoms with Gasteiger partial charge in [0.1, 0.15) is 0 Å². The van der Waals surface area contributed by atoms with E-state index in [1.165, 1.54) is 103 Å². The van der Waals surface area contributed by atoms with Crippen LogP contribution in [0.3, 0.4) is 0 Å². The van der Waals surface area contributed by atoms with Crippen LogP contribution in [-0.4, -0.2) is 0 Å². The van der Waals surface area contributed by atoms with Gasteiger partial charge in [-0.05, 0) is 92.4 Å². The van der Waals surface area contributed by atoms with E-state index in [-0.39, 0.29) is 36.5 Å². The Balaban J connectivity index is 0.000000136. The Kier molecular flexibility index (Phi) is 15.3. The summed E-state index contributed by atoms with van der Waals surface area (Å²) in [6.45, 7) is 27.3. The molecule has 0 aliphatic rings. The van der Waals surface area contributed by atoms with Crippen LogP contribution in [0.2, 0.25) is 0 Å². The molecule has 4 aromatic heterocycles. The summed E-state index contributed by atoms with van der Waals surface area (Å²) in [5.41, 5.74) is 6.58. The molecule has 8 aromatic carbocycles.